The molecule has 1 rings (SSSR count). The second-order valence-electron chi connectivity index (χ2n) is 6.02. The van der Waals surface area contributed by atoms with E-state index in [4.69, 9.17) is 10.5 Å². The maximum absolute atomic E-state index is 11.9. The van der Waals surface area contributed by atoms with E-state index in [2.05, 4.69) is 6.92 Å². The number of nitrogens with zero attached hydrogens (tertiary/aromatic N) is 1. The highest BCUT2D eigenvalue weighted by molar-refractivity contribution is 5.68. The van der Waals surface area contributed by atoms with Crippen LogP contribution in [0.25, 0.3) is 0 Å². The predicted octanol–water partition coefficient (Wildman–Crippen LogP) is 2.23. The zero-order valence-electron chi connectivity index (χ0n) is 11.5. The third-order valence-corrected chi connectivity index (χ3v) is 3.38. The van der Waals surface area contributed by atoms with Gasteiger partial charge < -0.3 is 15.4 Å². The lowest BCUT2D eigenvalue weighted by Crippen LogP contribution is -2.37. The highest BCUT2D eigenvalue weighted by Crippen LogP contribution is 2.23. The molecule has 2 atom stereocenters. The Morgan fingerprint density at radius 2 is 1.94 bits per heavy atom. The van der Waals surface area contributed by atoms with Crippen LogP contribution in [0.1, 0.15) is 40.5 Å². The topological polar surface area (TPSA) is 55.6 Å². The molecule has 1 saturated heterocycles. The fourth-order valence-electron chi connectivity index (χ4n) is 2.17. The molecular formula is C13H26N2O2. The van der Waals surface area contributed by atoms with Gasteiger partial charge in [-0.25, -0.2) is 4.79 Å². The summed E-state index contributed by atoms with van der Waals surface area (Å²) in [6.45, 7) is 10.2. The van der Waals surface area contributed by atoms with Crippen LogP contribution in [0.4, 0.5) is 4.79 Å². The van der Waals surface area contributed by atoms with Crippen molar-refractivity contribution >= 4 is 6.09 Å². The van der Waals surface area contributed by atoms with Gasteiger partial charge in [0.05, 0.1) is 0 Å². The van der Waals surface area contributed by atoms with Crippen LogP contribution in [0.2, 0.25) is 0 Å². The number of ether oxygens (including phenoxy) is 1. The summed E-state index contributed by atoms with van der Waals surface area (Å²) in [4.78, 5) is 13.8. The highest BCUT2D eigenvalue weighted by Gasteiger charge is 2.27. The molecule has 1 amide bonds. The number of amides is 1. The van der Waals surface area contributed by atoms with Crippen molar-refractivity contribution in [2.45, 2.75) is 46.1 Å². The fraction of sp³-hybridized carbons (Fsp3) is 0.923. The number of carbonyl (C=O) groups excluding carboxylic acids is 1. The first-order chi connectivity index (χ1) is 7.83. The van der Waals surface area contributed by atoms with Crippen LogP contribution in [0.5, 0.6) is 0 Å². The van der Waals surface area contributed by atoms with E-state index in [-0.39, 0.29) is 6.09 Å². The minimum atomic E-state index is -0.414. The molecule has 0 saturated carbocycles. The quantitative estimate of drug-likeness (QED) is 0.767. The van der Waals surface area contributed by atoms with Gasteiger partial charge in [0.15, 0.2) is 0 Å². The number of likely N-dealkylation sites (tertiary alicyclic amines) is 1. The summed E-state index contributed by atoms with van der Waals surface area (Å²) in [5, 5.41) is 0. The summed E-state index contributed by atoms with van der Waals surface area (Å²) in [7, 11) is 0. The SMILES string of the molecule is C[C@@H]1CCN(C(=O)OC(C)(C)C)CC[C@@H]1CN. The van der Waals surface area contributed by atoms with Crippen molar-refractivity contribution in [3.8, 4) is 0 Å². The van der Waals surface area contributed by atoms with Gasteiger partial charge in [0.2, 0.25) is 0 Å². The molecule has 1 aliphatic heterocycles. The summed E-state index contributed by atoms with van der Waals surface area (Å²) in [5.74, 6) is 1.12. The van der Waals surface area contributed by atoms with Crippen molar-refractivity contribution < 1.29 is 9.53 Å². The molecule has 17 heavy (non-hydrogen) atoms. The van der Waals surface area contributed by atoms with E-state index in [1.54, 1.807) is 0 Å². The lowest BCUT2D eigenvalue weighted by atomic mass is 9.90. The minimum Gasteiger partial charge on any atom is -0.444 e. The molecular weight excluding hydrogens is 216 g/mol. The predicted molar refractivity (Wildman–Crippen MR) is 68.7 cm³/mol. The first-order valence-corrected chi connectivity index (χ1v) is 6.51. The number of hydrogen-bond donors (Lipinski definition) is 1. The molecule has 0 bridgehead atoms. The first-order valence-electron chi connectivity index (χ1n) is 6.51. The lowest BCUT2D eigenvalue weighted by Gasteiger charge is -2.26. The molecule has 1 aliphatic rings. The molecule has 4 heteroatoms. The van der Waals surface area contributed by atoms with Gasteiger partial charge in [-0.3, -0.25) is 0 Å². The van der Waals surface area contributed by atoms with Gasteiger partial charge in [-0.1, -0.05) is 6.92 Å². The Hall–Kier alpha value is -0.770. The average Bonchev–Trinajstić information content (AvgIpc) is 2.37. The standard InChI is InChI=1S/C13H26N2O2/c1-10-5-7-15(8-6-11(10)9-14)12(16)17-13(2,3)4/h10-11H,5-9,14H2,1-4H3/t10-,11-/m1/s1. The average molecular weight is 242 g/mol. The number of carbonyl (C=O) groups is 1. The molecule has 0 spiro atoms. The minimum absolute atomic E-state index is 0.192. The van der Waals surface area contributed by atoms with Crippen LogP contribution in [0.15, 0.2) is 0 Å². The Balaban J connectivity index is 2.53. The molecule has 100 valence electrons. The van der Waals surface area contributed by atoms with E-state index >= 15 is 0 Å². The fourth-order valence-corrected chi connectivity index (χ4v) is 2.17. The van der Waals surface area contributed by atoms with Gasteiger partial charge in [0.25, 0.3) is 0 Å². The maximum atomic E-state index is 11.9. The van der Waals surface area contributed by atoms with Crippen LogP contribution in [-0.2, 0) is 4.74 Å². The van der Waals surface area contributed by atoms with Gasteiger partial charge in [0, 0.05) is 13.1 Å². The molecule has 2 N–H and O–H groups in total. The smallest absolute Gasteiger partial charge is 0.410 e. The zero-order chi connectivity index (χ0) is 13.1. The molecule has 4 nitrogen and oxygen atoms in total. The van der Waals surface area contributed by atoms with Crippen LogP contribution >= 0.6 is 0 Å². The summed E-state index contributed by atoms with van der Waals surface area (Å²) in [5.41, 5.74) is 5.34. The first kappa shape index (κ1) is 14.3. The molecule has 0 aliphatic carbocycles. The monoisotopic (exact) mass is 242 g/mol. The van der Waals surface area contributed by atoms with Crippen molar-refractivity contribution in [3.63, 3.8) is 0 Å². The second kappa shape index (κ2) is 5.71. The van der Waals surface area contributed by atoms with Gasteiger partial charge in [-0.05, 0) is 52.0 Å². The largest absolute Gasteiger partial charge is 0.444 e. The van der Waals surface area contributed by atoms with Gasteiger partial charge in [-0.2, -0.15) is 0 Å². The van der Waals surface area contributed by atoms with Gasteiger partial charge in [-0.15, -0.1) is 0 Å². The van der Waals surface area contributed by atoms with Crippen LogP contribution in [-0.4, -0.2) is 36.2 Å². The molecule has 0 radical (unpaired) electrons. The normalized spacial score (nSPS) is 26.5. The zero-order valence-corrected chi connectivity index (χ0v) is 11.5. The molecule has 0 unspecified atom stereocenters. The van der Waals surface area contributed by atoms with E-state index in [0.29, 0.717) is 18.4 Å². The summed E-state index contributed by atoms with van der Waals surface area (Å²) >= 11 is 0. The Morgan fingerprint density at radius 1 is 1.35 bits per heavy atom. The number of nitrogens with two attached hydrogens (primary N) is 1. The Morgan fingerprint density at radius 3 is 2.47 bits per heavy atom. The molecule has 1 fully saturated rings. The molecule has 1 heterocycles. The van der Waals surface area contributed by atoms with Gasteiger partial charge >= 0.3 is 6.09 Å². The lowest BCUT2D eigenvalue weighted by molar-refractivity contribution is 0.0254. The van der Waals surface area contributed by atoms with Crippen molar-refractivity contribution in [1.82, 2.24) is 4.90 Å². The van der Waals surface area contributed by atoms with E-state index in [9.17, 15) is 4.79 Å². The Kier molecular flexibility index (Phi) is 4.80. The van der Waals surface area contributed by atoms with Gasteiger partial charge in [0.1, 0.15) is 5.60 Å². The summed E-state index contributed by atoms with van der Waals surface area (Å²) in [6, 6.07) is 0. The molecule has 0 aromatic carbocycles. The van der Waals surface area contributed by atoms with E-state index < -0.39 is 5.60 Å². The second-order valence-corrected chi connectivity index (χ2v) is 6.02. The van der Waals surface area contributed by atoms with Crippen LogP contribution < -0.4 is 5.73 Å². The Bertz CT molecular complexity index is 261. The highest BCUT2D eigenvalue weighted by atomic mass is 16.6. The maximum Gasteiger partial charge on any atom is 0.410 e. The van der Waals surface area contributed by atoms with Crippen molar-refractivity contribution in [2.75, 3.05) is 19.6 Å². The molecule has 0 aromatic heterocycles. The van der Waals surface area contributed by atoms with Crippen molar-refractivity contribution in [2.24, 2.45) is 17.6 Å². The summed E-state index contributed by atoms with van der Waals surface area (Å²) < 4.78 is 5.39. The van der Waals surface area contributed by atoms with Crippen LogP contribution in [0, 0.1) is 11.8 Å². The third-order valence-electron chi connectivity index (χ3n) is 3.38. The number of rotatable bonds is 1. The van der Waals surface area contributed by atoms with E-state index in [0.717, 1.165) is 25.9 Å². The summed E-state index contributed by atoms with van der Waals surface area (Å²) in [6.07, 6.45) is 1.81. The van der Waals surface area contributed by atoms with E-state index in [1.165, 1.54) is 0 Å². The van der Waals surface area contributed by atoms with Crippen LogP contribution in [0.3, 0.4) is 0 Å². The third kappa shape index (κ3) is 4.54. The molecule has 0 aromatic rings. The van der Waals surface area contributed by atoms with E-state index in [1.807, 2.05) is 25.7 Å². The Labute approximate surface area is 104 Å². The van der Waals surface area contributed by atoms with Crippen molar-refractivity contribution in [1.29, 1.82) is 0 Å². The van der Waals surface area contributed by atoms with Crippen molar-refractivity contribution in [3.05, 3.63) is 0 Å². The number of hydrogen-bond acceptors (Lipinski definition) is 3.